The van der Waals surface area contributed by atoms with E-state index >= 15 is 0 Å². The van der Waals surface area contributed by atoms with Gasteiger partial charge in [-0.3, -0.25) is 4.48 Å². The van der Waals surface area contributed by atoms with Crippen molar-refractivity contribution >= 4 is 11.6 Å². The minimum Gasteiger partial charge on any atom is -0.326 e. The van der Waals surface area contributed by atoms with Crippen LogP contribution >= 0.6 is 0 Å². The molecular formula is C10H22N3OV+. The van der Waals surface area contributed by atoms with E-state index in [0.717, 1.165) is 30.7 Å². The predicted octanol–water partition coefficient (Wildman–Crippen LogP) is 0.417. The molecular weight excluding hydrogens is 229 g/mol. The molecule has 0 aromatic heterocycles. The van der Waals surface area contributed by atoms with Crippen molar-refractivity contribution < 1.29 is 27.8 Å². The maximum Gasteiger partial charge on any atom is 0.195 e. The van der Waals surface area contributed by atoms with Gasteiger partial charge in [-0.1, -0.05) is 0 Å². The standard InChI is InChI=1S/C7H16N3.C3H6O.V/c1-7-9-4-6-10(7,2)5-3-8;1-3(2)4;/h3-6,8H2,1-2H3;1-2H3;/q+1;;. The molecule has 15 heavy (non-hydrogen) atoms. The van der Waals surface area contributed by atoms with Crippen molar-refractivity contribution in [2.24, 2.45) is 10.7 Å². The molecule has 4 nitrogen and oxygen atoms in total. The first kappa shape index (κ1) is 17.2. The average Bonchev–Trinajstić information content (AvgIpc) is 2.31. The summed E-state index contributed by atoms with van der Waals surface area (Å²) in [7, 11) is 2.19. The number of amidine groups is 1. The normalized spacial score (nSPS) is 23.4. The number of nitrogens with two attached hydrogens (primary N) is 1. The van der Waals surface area contributed by atoms with E-state index in [4.69, 9.17) is 5.73 Å². The van der Waals surface area contributed by atoms with E-state index < -0.39 is 0 Å². The van der Waals surface area contributed by atoms with E-state index in [-0.39, 0.29) is 24.3 Å². The Morgan fingerprint density at radius 2 is 2.00 bits per heavy atom. The number of Topliss-reactive ketones (excluding diaryl/α,β-unsaturated/α-hetero) is 1. The van der Waals surface area contributed by atoms with Crippen LogP contribution in [0.3, 0.4) is 0 Å². The van der Waals surface area contributed by atoms with Crippen molar-refractivity contribution in [1.29, 1.82) is 0 Å². The molecule has 0 saturated carbocycles. The SMILES string of the molecule is CC(C)=O.CC1=NCC[N+]1(C)CCN.[V]. The molecule has 1 heterocycles. The van der Waals surface area contributed by atoms with Gasteiger partial charge < -0.3 is 10.5 Å². The van der Waals surface area contributed by atoms with Crippen LogP contribution in [-0.4, -0.2) is 49.3 Å². The van der Waals surface area contributed by atoms with E-state index in [2.05, 4.69) is 19.0 Å². The van der Waals surface area contributed by atoms with Crippen LogP contribution in [-0.2, 0) is 23.4 Å². The summed E-state index contributed by atoms with van der Waals surface area (Å²) in [5.41, 5.74) is 5.49. The summed E-state index contributed by atoms with van der Waals surface area (Å²) in [5.74, 6) is 1.39. The molecule has 0 aromatic rings. The van der Waals surface area contributed by atoms with Crippen molar-refractivity contribution in [2.45, 2.75) is 20.8 Å². The van der Waals surface area contributed by atoms with Gasteiger partial charge in [-0.2, -0.15) is 0 Å². The Labute approximate surface area is 104 Å². The van der Waals surface area contributed by atoms with Crippen LogP contribution in [0.1, 0.15) is 20.8 Å². The number of nitrogens with zero attached hydrogens (tertiary/aromatic N) is 2. The second kappa shape index (κ2) is 8.05. The second-order valence-corrected chi connectivity index (χ2v) is 3.97. The Hall–Kier alpha value is -0.156. The van der Waals surface area contributed by atoms with Gasteiger partial charge in [0.2, 0.25) is 0 Å². The number of carbonyl (C=O) groups is 1. The Balaban J connectivity index is 0. The third-order valence-electron chi connectivity index (χ3n) is 2.34. The molecule has 1 unspecified atom stereocenters. The fraction of sp³-hybridized carbons (Fsp3) is 0.800. The van der Waals surface area contributed by atoms with Crippen molar-refractivity contribution in [2.75, 3.05) is 33.2 Å². The fourth-order valence-corrected chi connectivity index (χ4v) is 1.32. The Bertz CT molecular complexity index is 227. The minimum atomic E-state index is 0. The summed E-state index contributed by atoms with van der Waals surface area (Å²) in [6, 6.07) is 0. The Morgan fingerprint density at radius 1 is 1.53 bits per heavy atom. The monoisotopic (exact) mass is 251 g/mol. The van der Waals surface area contributed by atoms with Crippen LogP contribution in [0.25, 0.3) is 0 Å². The van der Waals surface area contributed by atoms with Crippen LogP contribution < -0.4 is 5.73 Å². The number of quaternary nitrogens is 1. The molecule has 0 bridgehead atoms. The molecule has 0 amide bonds. The number of ketones is 1. The van der Waals surface area contributed by atoms with E-state index in [9.17, 15) is 4.79 Å². The first-order valence-electron chi connectivity index (χ1n) is 4.96. The predicted molar refractivity (Wildman–Crippen MR) is 59.3 cm³/mol. The molecule has 5 heteroatoms. The zero-order valence-electron chi connectivity index (χ0n) is 10.2. The molecule has 1 rings (SSSR count). The first-order valence-corrected chi connectivity index (χ1v) is 4.96. The summed E-state index contributed by atoms with van der Waals surface area (Å²) < 4.78 is 0.955. The third kappa shape index (κ3) is 6.85. The quantitative estimate of drug-likeness (QED) is 0.723. The molecule has 0 aromatic carbocycles. The van der Waals surface area contributed by atoms with Gasteiger partial charge in [-0.05, 0) is 13.8 Å². The average molecular weight is 251 g/mol. The van der Waals surface area contributed by atoms with Gasteiger partial charge in [0, 0.05) is 32.0 Å². The van der Waals surface area contributed by atoms with Crippen LogP contribution in [0.15, 0.2) is 4.99 Å². The van der Waals surface area contributed by atoms with Gasteiger partial charge in [-0.25, -0.2) is 4.99 Å². The summed E-state index contributed by atoms with van der Waals surface area (Å²) in [6.07, 6.45) is 0. The van der Waals surface area contributed by atoms with E-state index in [1.165, 1.54) is 19.7 Å². The molecule has 1 atom stereocenters. The van der Waals surface area contributed by atoms with E-state index in [0.29, 0.717) is 0 Å². The molecule has 0 saturated heterocycles. The molecule has 87 valence electrons. The van der Waals surface area contributed by atoms with Gasteiger partial charge >= 0.3 is 0 Å². The maximum absolute atomic E-state index is 9.44. The largest absolute Gasteiger partial charge is 0.326 e. The minimum absolute atomic E-state index is 0. The van der Waals surface area contributed by atoms with Crippen LogP contribution in [0.5, 0.6) is 0 Å². The summed E-state index contributed by atoms with van der Waals surface area (Å²) in [4.78, 5) is 13.8. The van der Waals surface area contributed by atoms with Crippen molar-refractivity contribution in [3.8, 4) is 0 Å². The fourth-order valence-electron chi connectivity index (χ4n) is 1.32. The van der Waals surface area contributed by atoms with Gasteiger partial charge in [0.25, 0.3) is 0 Å². The summed E-state index contributed by atoms with van der Waals surface area (Å²) in [5, 5.41) is 0. The number of hydrogen-bond donors (Lipinski definition) is 1. The van der Waals surface area contributed by atoms with Crippen molar-refractivity contribution in [1.82, 2.24) is 0 Å². The van der Waals surface area contributed by atoms with Gasteiger partial charge in [0.1, 0.15) is 12.3 Å². The third-order valence-corrected chi connectivity index (χ3v) is 2.34. The van der Waals surface area contributed by atoms with Crippen molar-refractivity contribution in [3.63, 3.8) is 0 Å². The molecule has 1 aliphatic heterocycles. The summed E-state index contributed by atoms with van der Waals surface area (Å²) >= 11 is 0. The Kier molecular flexibility index (Phi) is 9.26. The number of hydrogen-bond acceptors (Lipinski definition) is 3. The zero-order chi connectivity index (χ0) is 11.2. The molecule has 0 fully saturated rings. The van der Waals surface area contributed by atoms with Crippen LogP contribution in [0, 0.1) is 0 Å². The topological polar surface area (TPSA) is 55.5 Å². The van der Waals surface area contributed by atoms with E-state index in [1.54, 1.807) is 0 Å². The molecule has 0 spiro atoms. The molecule has 1 radical (unpaired) electrons. The first-order chi connectivity index (χ1) is 6.42. The summed E-state index contributed by atoms with van der Waals surface area (Å²) in [6.45, 7) is 9.02. The maximum atomic E-state index is 9.44. The molecule has 1 aliphatic rings. The second-order valence-electron chi connectivity index (χ2n) is 3.97. The molecule has 2 N–H and O–H groups in total. The van der Waals surface area contributed by atoms with Crippen LogP contribution in [0.4, 0.5) is 0 Å². The van der Waals surface area contributed by atoms with Gasteiger partial charge in [0.05, 0.1) is 20.1 Å². The number of likely N-dealkylation sites (N-methyl/N-ethyl adjacent to an activating group) is 1. The van der Waals surface area contributed by atoms with Crippen LogP contribution in [0.2, 0.25) is 0 Å². The van der Waals surface area contributed by atoms with Gasteiger partial charge in [0.15, 0.2) is 5.84 Å². The van der Waals surface area contributed by atoms with Crippen molar-refractivity contribution in [3.05, 3.63) is 0 Å². The Morgan fingerprint density at radius 3 is 2.27 bits per heavy atom. The number of aliphatic imine (C=N–C) groups is 1. The number of carbonyl (C=O) groups excluding carboxylic acids is 1. The number of rotatable bonds is 2. The van der Waals surface area contributed by atoms with Gasteiger partial charge in [-0.15, -0.1) is 0 Å². The molecule has 0 aliphatic carbocycles. The van der Waals surface area contributed by atoms with E-state index in [1.807, 2.05) is 0 Å². The zero-order valence-corrected chi connectivity index (χ0v) is 11.6. The smallest absolute Gasteiger partial charge is 0.195 e.